The zero-order valence-electron chi connectivity index (χ0n) is 15.5. The number of para-hydroxylation sites is 1. The number of anilines is 1. The first kappa shape index (κ1) is 20.7. The number of nitrogens with zero attached hydrogens (tertiary/aromatic N) is 3. The highest BCUT2D eigenvalue weighted by Crippen LogP contribution is 2.27. The molecule has 9 heteroatoms. The highest BCUT2D eigenvalue weighted by Gasteiger charge is 2.09. The van der Waals surface area contributed by atoms with Gasteiger partial charge in [0.15, 0.2) is 0 Å². The number of aliphatic carboxylic acids is 2. The molecular formula is C19H23N5O4. The van der Waals surface area contributed by atoms with Gasteiger partial charge in [-0.3, -0.25) is 9.67 Å². The minimum absolute atomic E-state index is 0.558. The molecule has 0 bridgehead atoms. The molecule has 4 N–H and O–H groups in total. The molecule has 0 spiro atoms. The summed E-state index contributed by atoms with van der Waals surface area (Å²) in [7, 11) is 0. The lowest BCUT2D eigenvalue weighted by Crippen LogP contribution is -2.26. The number of hydrogen-bond donors (Lipinski definition) is 4. The van der Waals surface area contributed by atoms with Gasteiger partial charge in [-0.1, -0.05) is 18.2 Å². The summed E-state index contributed by atoms with van der Waals surface area (Å²) < 4.78 is 1.94. The number of hydrogen-bond acceptors (Lipinski definition) is 6. The maximum atomic E-state index is 9.55. The van der Waals surface area contributed by atoms with Crippen LogP contribution in [-0.2, 0) is 16.1 Å². The molecule has 3 rings (SSSR count). The normalized spacial score (nSPS) is 12.7. The molecule has 2 aromatic rings. The van der Waals surface area contributed by atoms with E-state index < -0.39 is 11.9 Å². The van der Waals surface area contributed by atoms with Crippen LogP contribution in [-0.4, -0.2) is 57.4 Å². The van der Waals surface area contributed by atoms with Crippen LogP contribution in [0.5, 0.6) is 0 Å². The van der Waals surface area contributed by atoms with E-state index in [0.717, 1.165) is 43.3 Å². The molecular weight excluding hydrogens is 362 g/mol. The Labute approximate surface area is 162 Å². The van der Waals surface area contributed by atoms with Crippen molar-refractivity contribution in [1.29, 1.82) is 0 Å². The molecule has 0 fully saturated rings. The summed E-state index contributed by atoms with van der Waals surface area (Å²) in [4.78, 5) is 23.5. The first-order chi connectivity index (χ1) is 13.5. The van der Waals surface area contributed by atoms with Gasteiger partial charge in [-0.2, -0.15) is 5.10 Å². The van der Waals surface area contributed by atoms with E-state index in [1.165, 1.54) is 5.56 Å². The Hall–Kier alpha value is -3.62. The van der Waals surface area contributed by atoms with Crippen LogP contribution >= 0.6 is 0 Å². The summed E-state index contributed by atoms with van der Waals surface area (Å²) in [5, 5.41) is 26.7. The standard InChI is InChI=1S/C15H19N5.C4H4O4/c1-2-20-11-12(9-19-20)13-5-3-4-6-14(13)18-10-15-16-7-8-17-15;5-3(6)1-2-4(7)8/h3-6,9,11,18H,2,7-8,10H2,1H3,(H,16,17);1-2H,(H,5,6)(H,7,8)/b;2-1+. The minimum Gasteiger partial charge on any atom is -0.478 e. The molecule has 1 aliphatic heterocycles. The molecule has 28 heavy (non-hydrogen) atoms. The summed E-state index contributed by atoms with van der Waals surface area (Å²) in [6.45, 7) is 5.53. The average Bonchev–Trinajstić information content (AvgIpc) is 3.37. The largest absolute Gasteiger partial charge is 0.478 e. The SMILES string of the molecule is CCn1cc(-c2ccccc2NCC2=NCCN2)cn1.O=C(O)/C=C/C(=O)O. The van der Waals surface area contributed by atoms with Crippen molar-refractivity contribution < 1.29 is 19.8 Å². The van der Waals surface area contributed by atoms with Gasteiger partial charge in [-0.25, -0.2) is 9.59 Å². The lowest BCUT2D eigenvalue weighted by Gasteiger charge is -2.11. The molecule has 0 saturated heterocycles. The van der Waals surface area contributed by atoms with Gasteiger partial charge in [-0.05, 0) is 13.0 Å². The van der Waals surface area contributed by atoms with Crippen molar-refractivity contribution >= 4 is 23.5 Å². The summed E-state index contributed by atoms with van der Waals surface area (Å²) in [5.41, 5.74) is 3.42. The second-order valence-electron chi connectivity index (χ2n) is 5.75. The van der Waals surface area contributed by atoms with Crippen LogP contribution in [0, 0.1) is 0 Å². The average molecular weight is 385 g/mol. The third kappa shape index (κ3) is 6.60. The molecule has 0 unspecified atom stereocenters. The quantitative estimate of drug-likeness (QED) is 0.534. The van der Waals surface area contributed by atoms with Crippen molar-refractivity contribution in [3.63, 3.8) is 0 Å². The van der Waals surface area contributed by atoms with Crippen LogP contribution in [0.3, 0.4) is 0 Å². The van der Waals surface area contributed by atoms with Crippen LogP contribution in [0.4, 0.5) is 5.69 Å². The Bertz CT molecular complexity index is 857. The number of carboxylic acids is 2. The Balaban J connectivity index is 0.000000300. The topological polar surface area (TPSA) is 129 Å². The van der Waals surface area contributed by atoms with Gasteiger partial charge >= 0.3 is 11.9 Å². The molecule has 0 aliphatic carbocycles. The number of benzene rings is 1. The number of amidine groups is 1. The second kappa shape index (κ2) is 10.5. The van der Waals surface area contributed by atoms with Gasteiger partial charge in [0.1, 0.15) is 5.84 Å². The zero-order valence-corrected chi connectivity index (χ0v) is 15.5. The van der Waals surface area contributed by atoms with Gasteiger partial charge in [0.25, 0.3) is 0 Å². The second-order valence-corrected chi connectivity index (χ2v) is 5.75. The molecule has 1 aromatic carbocycles. The third-order valence-corrected chi connectivity index (χ3v) is 3.75. The molecule has 0 atom stereocenters. The number of aromatic nitrogens is 2. The Morgan fingerprint density at radius 1 is 1.25 bits per heavy atom. The lowest BCUT2D eigenvalue weighted by molar-refractivity contribution is -0.134. The number of carboxylic acid groups (broad SMARTS) is 2. The monoisotopic (exact) mass is 385 g/mol. The Morgan fingerprint density at radius 3 is 2.54 bits per heavy atom. The van der Waals surface area contributed by atoms with E-state index in [0.29, 0.717) is 12.2 Å². The molecule has 1 aliphatic rings. The minimum atomic E-state index is -1.26. The van der Waals surface area contributed by atoms with E-state index in [1.807, 2.05) is 16.9 Å². The van der Waals surface area contributed by atoms with Crippen molar-refractivity contribution in [2.75, 3.05) is 25.0 Å². The van der Waals surface area contributed by atoms with E-state index in [2.05, 4.69) is 52.0 Å². The highest BCUT2D eigenvalue weighted by atomic mass is 16.4. The molecule has 148 valence electrons. The lowest BCUT2D eigenvalue weighted by atomic mass is 10.1. The molecule has 0 amide bonds. The fraction of sp³-hybridized carbons (Fsp3) is 0.263. The van der Waals surface area contributed by atoms with Crippen LogP contribution in [0.1, 0.15) is 6.92 Å². The zero-order chi connectivity index (χ0) is 20.4. The number of aliphatic imine (C=N–C) groups is 1. The van der Waals surface area contributed by atoms with Crippen molar-refractivity contribution in [1.82, 2.24) is 15.1 Å². The number of aryl methyl sites for hydroxylation is 1. The molecule has 0 saturated carbocycles. The predicted molar refractivity (Wildman–Crippen MR) is 107 cm³/mol. The maximum Gasteiger partial charge on any atom is 0.328 e. The molecule has 2 heterocycles. The fourth-order valence-corrected chi connectivity index (χ4v) is 2.45. The first-order valence-electron chi connectivity index (χ1n) is 8.76. The van der Waals surface area contributed by atoms with E-state index in [1.54, 1.807) is 0 Å². The van der Waals surface area contributed by atoms with E-state index in [9.17, 15) is 9.59 Å². The van der Waals surface area contributed by atoms with Gasteiger partial charge < -0.3 is 20.8 Å². The van der Waals surface area contributed by atoms with Crippen LogP contribution < -0.4 is 10.6 Å². The molecule has 9 nitrogen and oxygen atoms in total. The number of carbonyl (C=O) groups is 2. The molecule has 1 aromatic heterocycles. The van der Waals surface area contributed by atoms with Crippen molar-refractivity contribution in [2.24, 2.45) is 4.99 Å². The Kier molecular flexibility index (Phi) is 7.77. The van der Waals surface area contributed by atoms with Crippen LogP contribution in [0.2, 0.25) is 0 Å². The Morgan fingerprint density at radius 2 is 1.96 bits per heavy atom. The highest BCUT2D eigenvalue weighted by molar-refractivity contribution is 5.90. The molecule has 0 radical (unpaired) electrons. The van der Waals surface area contributed by atoms with Crippen molar-refractivity contribution in [3.05, 3.63) is 48.8 Å². The number of rotatable bonds is 7. The van der Waals surface area contributed by atoms with Gasteiger partial charge in [0, 0.05) is 48.3 Å². The van der Waals surface area contributed by atoms with Gasteiger partial charge in [-0.15, -0.1) is 0 Å². The number of nitrogens with one attached hydrogen (secondary N) is 2. The van der Waals surface area contributed by atoms with E-state index >= 15 is 0 Å². The smallest absolute Gasteiger partial charge is 0.328 e. The summed E-state index contributed by atoms with van der Waals surface area (Å²) in [6.07, 6.45) is 5.10. The summed E-state index contributed by atoms with van der Waals surface area (Å²) in [6, 6.07) is 8.30. The van der Waals surface area contributed by atoms with Gasteiger partial charge in [0.2, 0.25) is 0 Å². The predicted octanol–water partition coefficient (Wildman–Crippen LogP) is 1.70. The summed E-state index contributed by atoms with van der Waals surface area (Å²) >= 11 is 0. The first-order valence-corrected chi connectivity index (χ1v) is 8.76. The van der Waals surface area contributed by atoms with Crippen LogP contribution in [0.25, 0.3) is 11.1 Å². The van der Waals surface area contributed by atoms with E-state index in [-0.39, 0.29) is 0 Å². The van der Waals surface area contributed by atoms with Gasteiger partial charge in [0.05, 0.1) is 19.3 Å². The summed E-state index contributed by atoms with van der Waals surface area (Å²) in [5.74, 6) is -1.48. The van der Waals surface area contributed by atoms with E-state index in [4.69, 9.17) is 10.2 Å². The maximum absolute atomic E-state index is 9.55. The van der Waals surface area contributed by atoms with Crippen molar-refractivity contribution in [2.45, 2.75) is 13.5 Å². The van der Waals surface area contributed by atoms with Crippen LogP contribution in [0.15, 0.2) is 53.8 Å². The van der Waals surface area contributed by atoms with Crippen molar-refractivity contribution in [3.8, 4) is 11.1 Å². The third-order valence-electron chi connectivity index (χ3n) is 3.75. The fourth-order valence-electron chi connectivity index (χ4n) is 2.45.